The lowest BCUT2D eigenvalue weighted by Gasteiger charge is -2.12. The number of nitrogens with one attached hydrogen (secondary N) is 1. The number of carbonyl (C=O) groups excluding carboxylic acids is 1. The zero-order valence-electron chi connectivity index (χ0n) is 12.8. The number of amides is 1. The highest BCUT2D eigenvalue weighted by molar-refractivity contribution is 7.90. The molecule has 2 aromatic rings. The van der Waals surface area contributed by atoms with Crippen LogP contribution in [0.3, 0.4) is 0 Å². The molecular formula is C17H15N3O3S. The van der Waals surface area contributed by atoms with E-state index in [1.54, 1.807) is 0 Å². The molecule has 0 fully saturated rings. The molecule has 122 valence electrons. The van der Waals surface area contributed by atoms with E-state index in [4.69, 9.17) is 5.26 Å². The van der Waals surface area contributed by atoms with Crippen molar-refractivity contribution in [2.24, 2.45) is 0 Å². The molecule has 0 radical (unpaired) electrons. The molecule has 0 saturated carbocycles. The maximum absolute atomic E-state index is 12.2. The molecule has 0 saturated heterocycles. The van der Waals surface area contributed by atoms with Gasteiger partial charge in [0.1, 0.15) is 11.0 Å². The number of aryl methyl sites for hydroxylation is 1. The van der Waals surface area contributed by atoms with Crippen molar-refractivity contribution < 1.29 is 13.2 Å². The minimum absolute atomic E-state index is 0.0277. The van der Waals surface area contributed by atoms with Gasteiger partial charge in [-0.3, -0.25) is 9.78 Å². The first-order valence-corrected chi connectivity index (χ1v) is 8.96. The number of sulfonamides is 1. The Morgan fingerprint density at radius 2 is 2.12 bits per heavy atom. The minimum Gasteiger partial charge on any atom is -0.274 e. The van der Waals surface area contributed by atoms with E-state index in [1.165, 1.54) is 17.8 Å². The fourth-order valence-corrected chi connectivity index (χ4v) is 3.94. The molecule has 0 bridgehead atoms. The van der Waals surface area contributed by atoms with Gasteiger partial charge in [0.25, 0.3) is 10.0 Å². The molecule has 1 aliphatic carbocycles. The summed E-state index contributed by atoms with van der Waals surface area (Å²) >= 11 is 0. The average Bonchev–Trinajstić information content (AvgIpc) is 2.97. The van der Waals surface area contributed by atoms with E-state index in [1.807, 2.05) is 30.3 Å². The molecule has 0 aliphatic heterocycles. The molecule has 1 heterocycles. The lowest BCUT2D eigenvalue weighted by molar-refractivity contribution is -0.119. The van der Waals surface area contributed by atoms with Gasteiger partial charge in [0, 0.05) is 18.8 Å². The molecule has 1 atom stereocenters. The van der Waals surface area contributed by atoms with Gasteiger partial charge in [-0.25, -0.2) is 13.1 Å². The summed E-state index contributed by atoms with van der Waals surface area (Å²) in [5.74, 6) is -0.529. The van der Waals surface area contributed by atoms with Crippen LogP contribution >= 0.6 is 0 Å². The normalized spacial score (nSPS) is 16.2. The van der Waals surface area contributed by atoms with Crippen LogP contribution in [-0.2, 0) is 21.2 Å². The second-order valence-corrected chi connectivity index (χ2v) is 7.37. The Morgan fingerprint density at radius 3 is 2.92 bits per heavy atom. The Morgan fingerprint density at radius 1 is 1.33 bits per heavy atom. The number of nitrogens with zero attached hydrogens (tertiary/aromatic N) is 2. The Hall–Kier alpha value is -2.72. The van der Waals surface area contributed by atoms with Crippen LogP contribution in [0.5, 0.6) is 0 Å². The molecule has 3 rings (SSSR count). The van der Waals surface area contributed by atoms with Crippen molar-refractivity contribution in [1.82, 2.24) is 9.71 Å². The first kappa shape index (κ1) is 16.1. The standard InChI is InChI=1S/C17H15N3O3S/c18-9-12-7-15(11-19-10-12)24(22,23)20-17(21)8-14-6-5-13-3-1-2-4-16(13)14/h1-4,7,10-11,14H,5-6,8H2,(H,20,21). The Labute approximate surface area is 140 Å². The Bertz CT molecular complexity index is 932. The highest BCUT2D eigenvalue weighted by atomic mass is 32.2. The summed E-state index contributed by atoms with van der Waals surface area (Å²) in [6.45, 7) is 0. The Kier molecular flexibility index (Phi) is 4.32. The average molecular weight is 341 g/mol. The number of carbonyl (C=O) groups is 1. The quantitative estimate of drug-likeness (QED) is 0.915. The van der Waals surface area contributed by atoms with Gasteiger partial charge in [0.2, 0.25) is 5.91 Å². The fourth-order valence-electron chi connectivity index (χ4n) is 2.96. The van der Waals surface area contributed by atoms with Crippen LogP contribution in [0.2, 0.25) is 0 Å². The second kappa shape index (κ2) is 6.42. The minimum atomic E-state index is -4.02. The van der Waals surface area contributed by atoms with E-state index in [0.29, 0.717) is 0 Å². The summed E-state index contributed by atoms with van der Waals surface area (Å²) < 4.78 is 26.6. The van der Waals surface area contributed by atoms with Gasteiger partial charge in [-0.05, 0) is 36.0 Å². The molecule has 1 N–H and O–H groups in total. The zero-order valence-corrected chi connectivity index (χ0v) is 13.6. The summed E-state index contributed by atoms with van der Waals surface area (Å²) in [6, 6.07) is 10.9. The van der Waals surface area contributed by atoms with E-state index in [-0.39, 0.29) is 22.8 Å². The summed E-state index contributed by atoms with van der Waals surface area (Å²) in [6.07, 6.45) is 4.21. The van der Waals surface area contributed by atoms with Crippen LogP contribution in [0, 0.1) is 11.3 Å². The van der Waals surface area contributed by atoms with Gasteiger partial charge >= 0.3 is 0 Å². The molecule has 1 aromatic carbocycles. The SMILES string of the molecule is N#Cc1cncc(S(=O)(=O)NC(=O)CC2CCc3ccccc32)c1. The molecular weight excluding hydrogens is 326 g/mol. The summed E-state index contributed by atoms with van der Waals surface area (Å²) in [7, 11) is -4.02. The molecule has 1 unspecified atom stereocenters. The molecule has 24 heavy (non-hydrogen) atoms. The molecule has 0 spiro atoms. The topological polar surface area (TPSA) is 99.9 Å². The number of rotatable bonds is 4. The molecule has 7 heteroatoms. The number of aromatic nitrogens is 1. The maximum atomic E-state index is 12.2. The van der Waals surface area contributed by atoms with E-state index in [9.17, 15) is 13.2 Å². The van der Waals surface area contributed by atoms with Gasteiger partial charge < -0.3 is 0 Å². The number of pyridine rings is 1. The summed E-state index contributed by atoms with van der Waals surface area (Å²) in [5.41, 5.74) is 2.44. The smallest absolute Gasteiger partial charge is 0.265 e. The highest BCUT2D eigenvalue weighted by Gasteiger charge is 2.26. The number of hydrogen-bond acceptors (Lipinski definition) is 5. The van der Waals surface area contributed by atoms with Crippen molar-refractivity contribution in [3.05, 3.63) is 59.4 Å². The van der Waals surface area contributed by atoms with Gasteiger partial charge in [0.15, 0.2) is 0 Å². The van der Waals surface area contributed by atoms with E-state index in [0.717, 1.165) is 24.6 Å². The molecule has 1 amide bonds. The zero-order chi connectivity index (χ0) is 17.2. The third-order valence-corrected chi connectivity index (χ3v) is 5.43. The lowest BCUT2D eigenvalue weighted by Crippen LogP contribution is -2.31. The van der Waals surface area contributed by atoms with Gasteiger partial charge in [0.05, 0.1) is 5.56 Å². The predicted molar refractivity (Wildman–Crippen MR) is 86.4 cm³/mol. The predicted octanol–water partition coefficient (Wildman–Crippen LogP) is 1.88. The summed E-state index contributed by atoms with van der Waals surface area (Å²) in [5, 5.41) is 8.82. The summed E-state index contributed by atoms with van der Waals surface area (Å²) in [4.78, 5) is 15.7. The second-order valence-electron chi connectivity index (χ2n) is 5.69. The highest BCUT2D eigenvalue weighted by Crippen LogP contribution is 2.35. The van der Waals surface area contributed by atoms with Crippen LogP contribution in [-0.4, -0.2) is 19.3 Å². The fraction of sp³-hybridized carbons (Fsp3) is 0.235. The first-order chi connectivity index (χ1) is 11.5. The van der Waals surface area contributed by atoms with Crippen molar-refractivity contribution in [2.75, 3.05) is 0 Å². The molecule has 6 nitrogen and oxygen atoms in total. The van der Waals surface area contributed by atoms with Crippen LogP contribution in [0.4, 0.5) is 0 Å². The van der Waals surface area contributed by atoms with Crippen LogP contribution in [0.15, 0.2) is 47.6 Å². The van der Waals surface area contributed by atoms with Gasteiger partial charge in [-0.2, -0.15) is 5.26 Å². The Balaban J connectivity index is 1.72. The molecule has 1 aromatic heterocycles. The lowest BCUT2D eigenvalue weighted by atomic mass is 9.98. The van der Waals surface area contributed by atoms with Gasteiger partial charge in [-0.15, -0.1) is 0 Å². The first-order valence-electron chi connectivity index (χ1n) is 7.48. The van der Waals surface area contributed by atoms with Crippen LogP contribution in [0.25, 0.3) is 0 Å². The van der Waals surface area contributed by atoms with Crippen LogP contribution < -0.4 is 4.72 Å². The van der Waals surface area contributed by atoms with Crippen molar-refractivity contribution in [1.29, 1.82) is 5.26 Å². The number of nitriles is 1. The van der Waals surface area contributed by atoms with E-state index >= 15 is 0 Å². The van der Waals surface area contributed by atoms with Crippen molar-refractivity contribution >= 4 is 15.9 Å². The van der Waals surface area contributed by atoms with E-state index in [2.05, 4.69) is 9.71 Å². The maximum Gasteiger partial charge on any atom is 0.265 e. The van der Waals surface area contributed by atoms with Crippen molar-refractivity contribution in [3.63, 3.8) is 0 Å². The number of hydrogen-bond donors (Lipinski definition) is 1. The largest absolute Gasteiger partial charge is 0.274 e. The van der Waals surface area contributed by atoms with Gasteiger partial charge in [-0.1, -0.05) is 24.3 Å². The molecule has 1 aliphatic rings. The third-order valence-electron chi connectivity index (χ3n) is 4.09. The monoisotopic (exact) mass is 341 g/mol. The van der Waals surface area contributed by atoms with Crippen LogP contribution in [0.1, 0.15) is 35.4 Å². The number of benzene rings is 1. The number of fused-ring (bicyclic) bond motifs is 1. The van der Waals surface area contributed by atoms with Crippen molar-refractivity contribution in [3.8, 4) is 6.07 Å². The van der Waals surface area contributed by atoms with Crippen molar-refractivity contribution in [2.45, 2.75) is 30.1 Å². The third kappa shape index (κ3) is 3.29. The van der Waals surface area contributed by atoms with E-state index < -0.39 is 15.9 Å².